The van der Waals surface area contributed by atoms with Crippen LogP contribution in [0.25, 0.3) is 0 Å². The quantitative estimate of drug-likeness (QED) is 0.703. The molecule has 2 heteroatoms. The molecule has 1 aliphatic rings. The van der Waals surface area contributed by atoms with E-state index in [9.17, 15) is 0 Å². The van der Waals surface area contributed by atoms with E-state index in [1.54, 1.807) is 0 Å². The summed E-state index contributed by atoms with van der Waals surface area (Å²) in [7, 11) is 0. The molecule has 1 saturated carbocycles. The molecule has 1 fully saturated rings. The maximum atomic E-state index is 5.97. The average Bonchev–Trinajstić information content (AvgIpc) is 2.34. The van der Waals surface area contributed by atoms with Gasteiger partial charge in [-0.3, -0.25) is 0 Å². The van der Waals surface area contributed by atoms with Gasteiger partial charge in [-0.15, -0.1) is 0 Å². The van der Waals surface area contributed by atoms with Crippen molar-refractivity contribution in [3.8, 4) is 0 Å². The van der Waals surface area contributed by atoms with E-state index in [4.69, 9.17) is 5.73 Å². The Bertz CT molecular complexity index is 149. The third kappa shape index (κ3) is 4.10. The second-order valence-corrected chi connectivity index (χ2v) is 5.47. The van der Waals surface area contributed by atoms with Crippen LogP contribution in [0.4, 0.5) is 0 Å². The van der Waals surface area contributed by atoms with Crippen LogP contribution in [-0.2, 0) is 0 Å². The van der Waals surface area contributed by atoms with Crippen LogP contribution in [0.5, 0.6) is 0 Å². The molecule has 13 heavy (non-hydrogen) atoms. The first-order valence-electron chi connectivity index (χ1n) is 5.48. The summed E-state index contributed by atoms with van der Waals surface area (Å²) in [5.41, 5.74) is 6.41. The van der Waals surface area contributed by atoms with E-state index >= 15 is 0 Å². The van der Waals surface area contributed by atoms with Crippen molar-refractivity contribution in [3.63, 3.8) is 0 Å². The van der Waals surface area contributed by atoms with Crippen LogP contribution in [-0.4, -0.2) is 18.6 Å². The molecule has 1 aliphatic carbocycles. The molecular formula is C11H24N2. The molecule has 0 radical (unpaired) electrons. The second kappa shape index (κ2) is 4.43. The van der Waals surface area contributed by atoms with Crippen molar-refractivity contribution in [1.82, 2.24) is 5.32 Å². The van der Waals surface area contributed by atoms with Gasteiger partial charge in [-0.1, -0.05) is 27.2 Å². The van der Waals surface area contributed by atoms with Crippen molar-refractivity contribution < 1.29 is 0 Å². The molecule has 0 heterocycles. The topological polar surface area (TPSA) is 38.0 Å². The third-order valence-corrected chi connectivity index (χ3v) is 2.85. The Hall–Kier alpha value is -0.0800. The summed E-state index contributed by atoms with van der Waals surface area (Å²) in [6.07, 6.45) is 5.00. The van der Waals surface area contributed by atoms with Gasteiger partial charge in [0, 0.05) is 12.1 Å². The van der Waals surface area contributed by atoms with E-state index in [0.29, 0.717) is 17.5 Å². The largest absolute Gasteiger partial charge is 0.326 e. The maximum Gasteiger partial charge on any atom is 0.0219 e. The monoisotopic (exact) mass is 184 g/mol. The lowest BCUT2D eigenvalue weighted by Crippen LogP contribution is -2.41. The summed E-state index contributed by atoms with van der Waals surface area (Å²) < 4.78 is 0. The zero-order valence-electron chi connectivity index (χ0n) is 9.27. The average molecular weight is 184 g/mol. The van der Waals surface area contributed by atoms with E-state index in [0.717, 1.165) is 6.54 Å². The molecule has 2 nitrogen and oxygen atoms in total. The Kier molecular flexibility index (Phi) is 3.74. The van der Waals surface area contributed by atoms with E-state index < -0.39 is 0 Å². The van der Waals surface area contributed by atoms with Gasteiger partial charge in [-0.25, -0.2) is 0 Å². The fraction of sp³-hybridized carbons (Fsp3) is 1.00. The van der Waals surface area contributed by atoms with Gasteiger partial charge in [0.1, 0.15) is 0 Å². The highest BCUT2D eigenvalue weighted by Gasteiger charge is 2.23. The number of nitrogens with one attached hydrogen (secondary N) is 1. The zero-order valence-corrected chi connectivity index (χ0v) is 9.27. The lowest BCUT2D eigenvalue weighted by atomic mass is 9.92. The molecule has 3 N–H and O–H groups in total. The molecule has 0 aromatic carbocycles. The molecule has 78 valence electrons. The highest BCUT2D eigenvalue weighted by Crippen LogP contribution is 2.20. The predicted octanol–water partition coefficient (Wildman–Crippen LogP) is 1.89. The van der Waals surface area contributed by atoms with Crippen LogP contribution in [0, 0.1) is 5.41 Å². The molecular weight excluding hydrogens is 160 g/mol. The molecule has 0 bridgehead atoms. The van der Waals surface area contributed by atoms with E-state index in [1.807, 2.05) is 0 Å². The Labute approximate surface area is 82.3 Å². The van der Waals surface area contributed by atoms with Crippen molar-refractivity contribution in [1.29, 1.82) is 0 Å². The molecule has 0 aliphatic heterocycles. The SMILES string of the molecule is CC(C)(C)CCNC1CCCC1N. The minimum absolute atomic E-state index is 0.403. The van der Waals surface area contributed by atoms with Gasteiger partial charge in [0.15, 0.2) is 0 Å². The van der Waals surface area contributed by atoms with Crippen LogP contribution < -0.4 is 11.1 Å². The molecule has 2 atom stereocenters. The smallest absolute Gasteiger partial charge is 0.0219 e. The molecule has 0 amide bonds. The van der Waals surface area contributed by atoms with Crippen LogP contribution in [0.3, 0.4) is 0 Å². The fourth-order valence-corrected chi connectivity index (χ4v) is 1.87. The van der Waals surface area contributed by atoms with Gasteiger partial charge >= 0.3 is 0 Å². The number of nitrogens with two attached hydrogens (primary N) is 1. The molecule has 0 aromatic rings. The van der Waals surface area contributed by atoms with Gasteiger partial charge in [0.2, 0.25) is 0 Å². The van der Waals surface area contributed by atoms with E-state index in [-0.39, 0.29) is 0 Å². The summed E-state index contributed by atoms with van der Waals surface area (Å²) in [4.78, 5) is 0. The van der Waals surface area contributed by atoms with Crippen molar-refractivity contribution >= 4 is 0 Å². The number of rotatable bonds is 3. The lowest BCUT2D eigenvalue weighted by Gasteiger charge is -2.22. The second-order valence-electron chi connectivity index (χ2n) is 5.47. The standard InChI is InChI=1S/C11H24N2/c1-11(2,3)7-8-13-10-6-4-5-9(10)12/h9-10,13H,4-8,12H2,1-3H3. The van der Waals surface area contributed by atoms with Gasteiger partial charge < -0.3 is 11.1 Å². The minimum Gasteiger partial charge on any atom is -0.326 e. The summed E-state index contributed by atoms with van der Waals surface area (Å²) >= 11 is 0. The van der Waals surface area contributed by atoms with Crippen LogP contribution in [0.2, 0.25) is 0 Å². The number of hydrogen-bond acceptors (Lipinski definition) is 2. The first-order valence-corrected chi connectivity index (χ1v) is 5.48. The normalized spacial score (nSPS) is 29.5. The summed E-state index contributed by atoms with van der Waals surface area (Å²) in [5.74, 6) is 0. The summed E-state index contributed by atoms with van der Waals surface area (Å²) in [6, 6.07) is 0.988. The lowest BCUT2D eigenvalue weighted by molar-refractivity contribution is 0.348. The summed E-state index contributed by atoms with van der Waals surface area (Å²) in [5, 5.41) is 3.56. The van der Waals surface area contributed by atoms with E-state index in [2.05, 4.69) is 26.1 Å². The van der Waals surface area contributed by atoms with Crippen LogP contribution in [0.15, 0.2) is 0 Å². The first kappa shape index (κ1) is 11.0. The number of hydrogen-bond donors (Lipinski definition) is 2. The molecule has 2 unspecified atom stereocenters. The van der Waals surface area contributed by atoms with Crippen molar-refractivity contribution in [3.05, 3.63) is 0 Å². The fourth-order valence-electron chi connectivity index (χ4n) is 1.87. The van der Waals surface area contributed by atoms with Crippen molar-refractivity contribution in [2.24, 2.45) is 11.1 Å². The van der Waals surface area contributed by atoms with Crippen LogP contribution >= 0.6 is 0 Å². The minimum atomic E-state index is 0.403. The first-order chi connectivity index (χ1) is 5.99. The van der Waals surface area contributed by atoms with Gasteiger partial charge in [-0.2, -0.15) is 0 Å². The molecule has 0 spiro atoms. The highest BCUT2D eigenvalue weighted by molar-refractivity contribution is 4.86. The Balaban J connectivity index is 2.12. The Morgan fingerprint density at radius 1 is 1.31 bits per heavy atom. The third-order valence-electron chi connectivity index (χ3n) is 2.85. The predicted molar refractivity (Wildman–Crippen MR) is 57.7 cm³/mol. The van der Waals surface area contributed by atoms with Crippen molar-refractivity contribution in [2.45, 2.75) is 58.5 Å². The highest BCUT2D eigenvalue weighted by atomic mass is 15.0. The van der Waals surface area contributed by atoms with Gasteiger partial charge in [0.25, 0.3) is 0 Å². The maximum absolute atomic E-state index is 5.97. The molecule has 0 aromatic heterocycles. The van der Waals surface area contributed by atoms with Gasteiger partial charge in [0.05, 0.1) is 0 Å². The van der Waals surface area contributed by atoms with Crippen molar-refractivity contribution in [2.75, 3.05) is 6.54 Å². The Morgan fingerprint density at radius 3 is 2.46 bits per heavy atom. The van der Waals surface area contributed by atoms with Crippen LogP contribution in [0.1, 0.15) is 46.5 Å². The van der Waals surface area contributed by atoms with Gasteiger partial charge in [-0.05, 0) is 31.2 Å². The summed E-state index contributed by atoms with van der Waals surface area (Å²) in [6.45, 7) is 7.96. The Morgan fingerprint density at radius 2 is 2.00 bits per heavy atom. The zero-order chi connectivity index (χ0) is 9.90. The van der Waals surface area contributed by atoms with E-state index in [1.165, 1.54) is 25.7 Å². The molecule has 0 saturated heterocycles. The molecule has 1 rings (SSSR count).